The lowest BCUT2D eigenvalue weighted by Crippen LogP contribution is -2.37. The Balaban J connectivity index is 2.11. The maximum atomic E-state index is 13.6. The number of rotatable bonds is 6. The fourth-order valence-electron chi connectivity index (χ4n) is 3.47. The van der Waals surface area contributed by atoms with Crippen LogP contribution in [0.3, 0.4) is 0 Å². The molecule has 1 amide bonds. The Morgan fingerprint density at radius 1 is 1.12 bits per heavy atom. The van der Waals surface area contributed by atoms with Gasteiger partial charge in [-0.1, -0.05) is 6.92 Å². The minimum Gasteiger partial charge on any atom is -0.494 e. The molecule has 1 unspecified atom stereocenters. The van der Waals surface area contributed by atoms with E-state index in [4.69, 9.17) is 4.74 Å². The maximum absolute atomic E-state index is 13.6. The standard InChI is InChI=1S/C23H24F3N3O3/c1-5-18(21(30)27-15-7-9-16(10-8-15)32-6-2)29-19-12-14(4)13(3)11-17(19)28-20(22(29)31)23(24,25)26/h7-12,18H,5-6H2,1-4H3,(H,27,30). The second kappa shape index (κ2) is 9.02. The minimum absolute atomic E-state index is 0.00680. The van der Waals surface area contributed by atoms with Crippen LogP contribution in [0.25, 0.3) is 11.0 Å². The number of carbonyl (C=O) groups is 1. The number of anilines is 1. The van der Waals surface area contributed by atoms with Crippen LogP contribution in [0, 0.1) is 13.8 Å². The lowest BCUT2D eigenvalue weighted by molar-refractivity contribution is -0.142. The summed E-state index contributed by atoms with van der Waals surface area (Å²) in [5.74, 6) is 0.0205. The first-order valence-electron chi connectivity index (χ1n) is 10.2. The second-order valence-corrected chi connectivity index (χ2v) is 7.43. The zero-order valence-electron chi connectivity index (χ0n) is 18.2. The average Bonchev–Trinajstić information content (AvgIpc) is 2.72. The van der Waals surface area contributed by atoms with Gasteiger partial charge < -0.3 is 10.1 Å². The summed E-state index contributed by atoms with van der Waals surface area (Å²) >= 11 is 0. The van der Waals surface area contributed by atoms with E-state index in [2.05, 4.69) is 10.3 Å². The van der Waals surface area contributed by atoms with Crippen molar-refractivity contribution in [2.24, 2.45) is 0 Å². The van der Waals surface area contributed by atoms with Crippen LogP contribution in [0.15, 0.2) is 41.2 Å². The fraction of sp³-hybridized carbons (Fsp3) is 0.348. The van der Waals surface area contributed by atoms with E-state index in [1.165, 1.54) is 6.07 Å². The summed E-state index contributed by atoms with van der Waals surface area (Å²) in [6, 6.07) is 8.50. The van der Waals surface area contributed by atoms with Crippen molar-refractivity contribution in [1.82, 2.24) is 9.55 Å². The molecule has 0 saturated carbocycles. The molecule has 0 aliphatic heterocycles. The van der Waals surface area contributed by atoms with Crippen LogP contribution >= 0.6 is 0 Å². The van der Waals surface area contributed by atoms with Gasteiger partial charge in [-0.3, -0.25) is 14.2 Å². The highest BCUT2D eigenvalue weighted by Gasteiger charge is 2.38. The van der Waals surface area contributed by atoms with E-state index in [-0.39, 0.29) is 17.5 Å². The van der Waals surface area contributed by atoms with Crippen LogP contribution in [0.1, 0.15) is 43.1 Å². The fourth-order valence-corrected chi connectivity index (χ4v) is 3.47. The summed E-state index contributed by atoms with van der Waals surface area (Å²) < 4.78 is 47.0. The van der Waals surface area contributed by atoms with Crippen molar-refractivity contribution < 1.29 is 22.7 Å². The highest BCUT2D eigenvalue weighted by molar-refractivity contribution is 5.94. The lowest BCUT2D eigenvalue weighted by Gasteiger charge is -2.22. The Bertz CT molecular complexity index is 1200. The van der Waals surface area contributed by atoms with Gasteiger partial charge in [-0.2, -0.15) is 13.2 Å². The van der Waals surface area contributed by atoms with Crippen molar-refractivity contribution in [3.05, 3.63) is 63.6 Å². The Morgan fingerprint density at radius 2 is 1.75 bits per heavy atom. The van der Waals surface area contributed by atoms with Gasteiger partial charge in [0.15, 0.2) is 0 Å². The molecule has 2 aromatic carbocycles. The number of nitrogens with one attached hydrogen (secondary N) is 1. The van der Waals surface area contributed by atoms with Crippen LogP contribution in [0.2, 0.25) is 0 Å². The highest BCUT2D eigenvalue weighted by Crippen LogP contribution is 2.29. The third kappa shape index (κ3) is 4.61. The molecule has 6 nitrogen and oxygen atoms in total. The van der Waals surface area contributed by atoms with Crippen LogP contribution in [-0.2, 0) is 11.0 Å². The summed E-state index contributed by atoms with van der Waals surface area (Å²) in [7, 11) is 0. The first-order chi connectivity index (χ1) is 15.1. The number of ether oxygens (including phenoxy) is 1. The number of fused-ring (bicyclic) bond motifs is 1. The Labute approximate surface area is 183 Å². The summed E-state index contributed by atoms with van der Waals surface area (Å²) in [5, 5.41) is 2.68. The van der Waals surface area contributed by atoms with Gasteiger partial charge >= 0.3 is 6.18 Å². The van der Waals surface area contributed by atoms with Gasteiger partial charge in [0.1, 0.15) is 11.8 Å². The summed E-state index contributed by atoms with van der Waals surface area (Å²) in [5.41, 5.74) is -0.759. The molecule has 1 N–H and O–H groups in total. The molecule has 1 heterocycles. The molecular weight excluding hydrogens is 423 g/mol. The van der Waals surface area contributed by atoms with Crippen LogP contribution in [-0.4, -0.2) is 22.1 Å². The molecule has 0 aliphatic carbocycles. The number of hydrogen-bond acceptors (Lipinski definition) is 4. The number of benzene rings is 2. The largest absolute Gasteiger partial charge is 0.494 e. The van der Waals surface area contributed by atoms with Crippen LogP contribution in [0.5, 0.6) is 5.75 Å². The molecule has 0 spiro atoms. The minimum atomic E-state index is -4.95. The first kappa shape index (κ1) is 23.3. The second-order valence-electron chi connectivity index (χ2n) is 7.43. The van der Waals surface area contributed by atoms with Gasteiger partial charge in [-0.25, -0.2) is 4.98 Å². The molecule has 0 aliphatic rings. The molecule has 9 heteroatoms. The van der Waals surface area contributed by atoms with Gasteiger partial charge in [-0.05, 0) is 74.7 Å². The summed E-state index contributed by atoms with van der Waals surface area (Å²) in [6.45, 7) is 7.49. The number of hydrogen-bond donors (Lipinski definition) is 1. The van der Waals surface area contributed by atoms with Gasteiger partial charge in [0.05, 0.1) is 17.6 Å². The Morgan fingerprint density at radius 3 is 2.31 bits per heavy atom. The third-order valence-corrected chi connectivity index (χ3v) is 5.21. The molecule has 0 bridgehead atoms. The Kier molecular flexibility index (Phi) is 6.57. The van der Waals surface area contributed by atoms with Gasteiger partial charge in [0.25, 0.3) is 5.56 Å². The predicted octanol–water partition coefficient (Wildman–Crippen LogP) is 5.02. The molecule has 3 aromatic rings. The van der Waals surface area contributed by atoms with E-state index in [1.54, 1.807) is 51.1 Å². The SMILES string of the molecule is CCOc1ccc(NC(=O)C(CC)n2c(=O)c(C(F)(F)F)nc3cc(C)c(C)cc32)cc1. The molecule has 1 aromatic heterocycles. The number of aromatic nitrogens is 2. The number of nitrogens with zero attached hydrogens (tertiary/aromatic N) is 2. The quantitative estimate of drug-likeness (QED) is 0.576. The number of halogens is 3. The van der Waals surface area contributed by atoms with E-state index < -0.39 is 29.4 Å². The summed E-state index contributed by atoms with van der Waals surface area (Å²) in [6.07, 6.45) is -4.85. The smallest absolute Gasteiger partial charge is 0.438 e. The number of amides is 1. The van der Waals surface area contributed by atoms with E-state index in [0.717, 1.165) is 15.7 Å². The normalized spacial score (nSPS) is 12.6. The summed E-state index contributed by atoms with van der Waals surface area (Å²) in [4.78, 5) is 29.5. The first-order valence-corrected chi connectivity index (χ1v) is 10.2. The van der Waals surface area contributed by atoms with Gasteiger partial charge in [0, 0.05) is 5.69 Å². The molecular formula is C23H24F3N3O3. The van der Waals surface area contributed by atoms with E-state index in [0.29, 0.717) is 18.0 Å². The number of alkyl halides is 3. The lowest BCUT2D eigenvalue weighted by atomic mass is 10.1. The molecule has 0 fully saturated rings. The van der Waals surface area contributed by atoms with Crippen LogP contribution < -0.4 is 15.6 Å². The van der Waals surface area contributed by atoms with Crippen molar-refractivity contribution >= 4 is 22.6 Å². The molecule has 32 heavy (non-hydrogen) atoms. The molecule has 0 saturated heterocycles. The van der Waals surface area contributed by atoms with E-state index in [1.807, 2.05) is 6.92 Å². The zero-order valence-corrected chi connectivity index (χ0v) is 18.2. The maximum Gasteiger partial charge on any atom is 0.438 e. The van der Waals surface area contributed by atoms with Crippen molar-refractivity contribution in [1.29, 1.82) is 0 Å². The Hall–Kier alpha value is -3.36. The average molecular weight is 447 g/mol. The van der Waals surface area contributed by atoms with Crippen molar-refractivity contribution in [2.45, 2.75) is 46.3 Å². The highest BCUT2D eigenvalue weighted by atomic mass is 19.4. The number of aryl methyl sites for hydroxylation is 2. The van der Waals surface area contributed by atoms with Crippen molar-refractivity contribution in [3.8, 4) is 5.75 Å². The van der Waals surface area contributed by atoms with Gasteiger partial charge in [-0.15, -0.1) is 0 Å². The zero-order chi connectivity index (χ0) is 23.6. The molecule has 3 rings (SSSR count). The van der Waals surface area contributed by atoms with Crippen molar-refractivity contribution in [3.63, 3.8) is 0 Å². The van der Waals surface area contributed by atoms with Gasteiger partial charge in [0.2, 0.25) is 11.6 Å². The number of carbonyl (C=O) groups excluding carboxylic acids is 1. The predicted molar refractivity (Wildman–Crippen MR) is 116 cm³/mol. The van der Waals surface area contributed by atoms with Crippen LogP contribution in [0.4, 0.5) is 18.9 Å². The third-order valence-electron chi connectivity index (χ3n) is 5.21. The van der Waals surface area contributed by atoms with Crippen molar-refractivity contribution in [2.75, 3.05) is 11.9 Å². The topological polar surface area (TPSA) is 73.2 Å². The molecule has 1 atom stereocenters. The molecule has 0 radical (unpaired) electrons. The van der Waals surface area contributed by atoms with E-state index in [9.17, 15) is 22.8 Å². The van der Waals surface area contributed by atoms with E-state index >= 15 is 0 Å². The molecule has 170 valence electrons. The monoisotopic (exact) mass is 447 g/mol.